The second-order valence-electron chi connectivity index (χ2n) is 8.22. The van der Waals surface area contributed by atoms with Gasteiger partial charge in [-0.25, -0.2) is 5.10 Å². The van der Waals surface area contributed by atoms with Crippen LogP contribution in [0.25, 0.3) is 11.3 Å². The van der Waals surface area contributed by atoms with Gasteiger partial charge in [-0.15, -0.1) is 0 Å². The molecule has 8 nitrogen and oxygen atoms in total. The highest BCUT2D eigenvalue weighted by Gasteiger charge is 2.42. The van der Waals surface area contributed by atoms with Crippen molar-refractivity contribution in [1.29, 1.82) is 0 Å². The van der Waals surface area contributed by atoms with E-state index in [1.807, 2.05) is 0 Å². The number of hydrogen-bond acceptors (Lipinski definition) is 5. The molecular weight excluding hydrogens is 396 g/mol. The Morgan fingerprint density at radius 2 is 1.68 bits per heavy atom. The lowest BCUT2D eigenvalue weighted by atomic mass is 10.0. The maximum absolute atomic E-state index is 12.8. The van der Waals surface area contributed by atoms with Gasteiger partial charge in [0.1, 0.15) is 0 Å². The summed E-state index contributed by atoms with van der Waals surface area (Å²) in [5, 5.41) is 9.15. The van der Waals surface area contributed by atoms with Crippen molar-refractivity contribution in [2.75, 3.05) is 5.32 Å². The van der Waals surface area contributed by atoms with Crippen LogP contribution in [-0.2, 0) is 0 Å². The summed E-state index contributed by atoms with van der Waals surface area (Å²) in [6, 6.07) is 14.4. The van der Waals surface area contributed by atoms with Gasteiger partial charge in [0, 0.05) is 28.4 Å². The molecule has 0 saturated carbocycles. The molecule has 8 heteroatoms. The monoisotopic (exact) mass is 416 g/mol. The minimum atomic E-state index is -0.661. The number of imide groups is 1. The zero-order valence-corrected chi connectivity index (χ0v) is 17.2. The van der Waals surface area contributed by atoms with Gasteiger partial charge in [-0.3, -0.25) is 24.1 Å². The van der Waals surface area contributed by atoms with Crippen molar-refractivity contribution >= 4 is 23.4 Å². The lowest BCUT2D eigenvalue weighted by Crippen LogP contribution is -2.45. The maximum atomic E-state index is 12.8. The van der Waals surface area contributed by atoms with Crippen molar-refractivity contribution in [3.05, 3.63) is 81.6 Å². The van der Waals surface area contributed by atoms with Gasteiger partial charge in [0.2, 0.25) is 0 Å². The molecular formula is C23H20N4O4. The first-order valence-electron chi connectivity index (χ1n) is 9.65. The van der Waals surface area contributed by atoms with Gasteiger partial charge in [-0.05, 0) is 57.2 Å². The molecule has 3 amide bonds. The van der Waals surface area contributed by atoms with Crippen LogP contribution in [-0.4, -0.2) is 38.4 Å². The molecule has 0 radical (unpaired) electrons. The number of rotatable bonds is 3. The fourth-order valence-electron chi connectivity index (χ4n) is 3.46. The molecule has 0 saturated heterocycles. The van der Waals surface area contributed by atoms with Crippen LogP contribution in [0.4, 0.5) is 5.69 Å². The summed E-state index contributed by atoms with van der Waals surface area (Å²) in [5.74, 6) is -1.18. The Bertz CT molecular complexity index is 1270. The Kier molecular flexibility index (Phi) is 4.77. The summed E-state index contributed by atoms with van der Waals surface area (Å²) in [4.78, 5) is 50.5. The van der Waals surface area contributed by atoms with Gasteiger partial charge in [0.05, 0.1) is 16.8 Å². The van der Waals surface area contributed by atoms with Gasteiger partial charge < -0.3 is 5.32 Å². The SMILES string of the molecule is CC(C)(C)N1C(=O)c2ccc(C(=O)Nc3cccc(-c4ccc(=O)[nH]n4)c3)cc2C1=O. The minimum absolute atomic E-state index is 0.221. The fourth-order valence-corrected chi connectivity index (χ4v) is 3.46. The van der Waals surface area contributed by atoms with Crippen LogP contribution < -0.4 is 10.9 Å². The van der Waals surface area contributed by atoms with Crippen LogP contribution >= 0.6 is 0 Å². The van der Waals surface area contributed by atoms with Crippen LogP contribution in [0.3, 0.4) is 0 Å². The van der Waals surface area contributed by atoms with Crippen molar-refractivity contribution in [3.63, 3.8) is 0 Å². The predicted molar refractivity (Wildman–Crippen MR) is 115 cm³/mol. The van der Waals surface area contributed by atoms with Crippen molar-refractivity contribution in [1.82, 2.24) is 15.1 Å². The Labute approximate surface area is 177 Å². The summed E-state index contributed by atoms with van der Waals surface area (Å²) in [7, 11) is 0. The van der Waals surface area contributed by atoms with Crippen LogP contribution in [0.2, 0.25) is 0 Å². The van der Waals surface area contributed by atoms with Crippen molar-refractivity contribution < 1.29 is 14.4 Å². The molecule has 156 valence electrons. The molecule has 0 atom stereocenters. The normalized spacial score (nSPS) is 13.3. The number of carbonyl (C=O) groups is 3. The third-order valence-electron chi connectivity index (χ3n) is 4.91. The smallest absolute Gasteiger partial charge is 0.264 e. The first-order valence-corrected chi connectivity index (χ1v) is 9.65. The number of hydrogen-bond donors (Lipinski definition) is 2. The number of benzene rings is 2. The highest BCUT2D eigenvalue weighted by molar-refractivity contribution is 6.22. The summed E-state index contributed by atoms with van der Waals surface area (Å²) < 4.78 is 0. The van der Waals surface area contributed by atoms with E-state index >= 15 is 0 Å². The first kappa shape index (κ1) is 20.2. The average molecular weight is 416 g/mol. The number of carbonyl (C=O) groups excluding carboxylic acids is 3. The van der Waals surface area contributed by atoms with Crippen LogP contribution in [0.15, 0.2) is 59.4 Å². The topological polar surface area (TPSA) is 112 Å². The van der Waals surface area contributed by atoms with E-state index in [1.165, 1.54) is 29.2 Å². The van der Waals surface area contributed by atoms with E-state index in [0.29, 0.717) is 22.5 Å². The van der Waals surface area contributed by atoms with E-state index in [0.717, 1.165) is 0 Å². The highest BCUT2D eigenvalue weighted by Crippen LogP contribution is 2.30. The standard InChI is InChI=1S/C23H20N4O4/c1-23(2,3)27-21(30)16-8-7-14(12-17(16)22(27)31)20(29)24-15-6-4-5-13(11-15)18-9-10-19(28)26-25-18/h4-12H,1-3H3,(H,24,29)(H,26,28). The van der Waals surface area contributed by atoms with Crippen molar-refractivity contribution in [2.24, 2.45) is 0 Å². The van der Waals surface area contributed by atoms with E-state index in [-0.39, 0.29) is 22.6 Å². The van der Waals surface area contributed by atoms with Crippen molar-refractivity contribution in [2.45, 2.75) is 26.3 Å². The third kappa shape index (κ3) is 3.75. The summed E-state index contributed by atoms with van der Waals surface area (Å²) in [5.41, 5.74) is 1.61. The lowest BCUT2D eigenvalue weighted by Gasteiger charge is -2.29. The number of aromatic amines is 1. The van der Waals surface area contributed by atoms with Crippen LogP contribution in [0.5, 0.6) is 0 Å². The Hall–Kier alpha value is -4.07. The molecule has 0 bridgehead atoms. The molecule has 0 aliphatic carbocycles. The van der Waals surface area contributed by atoms with Gasteiger partial charge >= 0.3 is 0 Å². The molecule has 1 aliphatic rings. The second kappa shape index (κ2) is 7.32. The molecule has 0 fully saturated rings. The zero-order chi connectivity index (χ0) is 22.3. The Morgan fingerprint density at radius 1 is 0.935 bits per heavy atom. The minimum Gasteiger partial charge on any atom is -0.322 e. The number of amides is 3. The molecule has 0 spiro atoms. The van der Waals surface area contributed by atoms with Gasteiger partial charge in [-0.2, -0.15) is 5.10 Å². The molecule has 3 aromatic rings. The molecule has 2 aromatic carbocycles. The summed E-state index contributed by atoms with van der Waals surface area (Å²) in [6.45, 7) is 5.35. The molecule has 4 rings (SSSR count). The van der Waals surface area contributed by atoms with Crippen LogP contribution in [0, 0.1) is 0 Å². The van der Waals surface area contributed by atoms with E-state index in [4.69, 9.17) is 0 Å². The average Bonchev–Trinajstić information content (AvgIpc) is 2.98. The number of fused-ring (bicyclic) bond motifs is 1. The van der Waals surface area contributed by atoms with E-state index in [1.54, 1.807) is 51.1 Å². The number of H-pyrrole nitrogens is 1. The third-order valence-corrected chi connectivity index (χ3v) is 4.91. The van der Waals surface area contributed by atoms with E-state index in [2.05, 4.69) is 15.5 Å². The van der Waals surface area contributed by atoms with E-state index in [9.17, 15) is 19.2 Å². The number of nitrogens with one attached hydrogen (secondary N) is 2. The molecule has 31 heavy (non-hydrogen) atoms. The van der Waals surface area contributed by atoms with Gasteiger partial charge in [-0.1, -0.05) is 12.1 Å². The van der Waals surface area contributed by atoms with Gasteiger partial charge in [0.25, 0.3) is 23.3 Å². The summed E-state index contributed by atoms with van der Waals surface area (Å²) in [6.07, 6.45) is 0. The first-order chi connectivity index (χ1) is 14.6. The largest absolute Gasteiger partial charge is 0.322 e. The fraction of sp³-hybridized carbons (Fsp3) is 0.174. The predicted octanol–water partition coefficient (Wildman–Crippen LogP) is 3.08. The Balaban J connectivity index is 1.59. The zero-order valence-electron chi connectivity index (χ0n) is 17.2. The molecule has 2 heterocycles. The second-order valence-corrected chi connectivity index (χ2v) is 8.22. The van der Waals surface area contributed by atoms with Crippen LogP contribution in [0.1, 0.15) is 51.8 Å². The van der Waals surface area contributed by atoms with E-state index < -0.39 is 17.4 Å². The quantitative estimate of drug-likeness (QED) is 0.637. The Morgan fingerprint density at radius 3 is 2.35 bits per heavy atom. The molecule has 1 aliphatic heterocycles. The summed E-state index contributed by atoms with van der Waals surface area (Å²) >= 11 is 0. The molecule has 2 N–H and O–H groups in total. The number of anilines is 1. The van der Waals surface area contributed by atoms with Gasteiger partial charge in [0.15, 0.2) is 0 Å². The van der Waals surface area contributed by atoms with Crippen molar-refractivity contribution in [3.8, 4) is 11.3 Å². The molecule has 1 aromatic heterocycles. The highest BCUT2D eigenvalue weighted by atomic mass is 16.2. The number of nitrogens with zero attached hydrogens (tertiary/aromatic N) is 2. The number of aromatic nitrogens is 2. The lowest BCUT2D eigenvalue weighted by molar-refractivity contribution is 0.0507. The molecule has 0 unspecified atom stereocenters. The maximum Gasteiger partial charge on any atom is 0.264 e.